The minimum Gasteiger partial charge on any atom is -0.498 e. The molecule has 0 saturated carbocycles. The standard InChI is InChI=1S/C35H36O9/c1-5-39-20-23-42-32(36)26-8-14-29(15-9-26)35(4,30-16-10-27(11-17-30)33(37)43-24-21-40-6-2)31-18-12-28(13-19-31)34(38)44-25-22-41-7-3/h5-19H,1-3,20-25H2,4H3. The molecule has 0 N–H and O–H groups in total. The monoisotopic (exact) mass is 600 g/mol. The molecule has 9 heteroatoms. The van der Waals surface area contributed by atoms with Crippen LogP contribution in [-0.4, -0.2) is 57.5 Å². The molecule has 3 rings (SSSR count). The summed E-state index contributed by atoms with van der Waals surface area (Å²) in [4.78, 5) is 37.6. The minimum atomic E-state index is -0.749. The molecule has 0 aliphatic carbocycles. The first-order valence-corrected chi connectivity index (χ1v) is 13.9. The van der Waals surface area contributed by atoms with Crippen molar-refractivity contribution in [2.75, 3.05) is 39.6 Å². The summed E-state index contributed by atoms with van der Waals surface area (Å²) in [5.41, 5.74) is 2.97. The molecule has 0 saturated heterocycles. The Morgan fingerprint density at radius 3 is 0.977 bits per heavy atom. The van der Waals surface area contributed by atoms with Crippen LogP contribution in [0.25, 0.3) is 0 Å². The molecule has 0 heterocycles. The average molecular weight is 601 g/mol. The molecule has 3 aromatic rings. The molecule has 0 fully saturated rings. The number of carbonyl (C=O) groups is 3. The molecule has 44 heavy (non-hydrogen) atoms. The second-order valence-corrected chi connectivity index (χ2v) is 9.38. The smallest absolute Gasteiger partial charge is 0.338 e. The normalized spacial score (nSPS) is 10.6. The van der Waals surface area contributed by atoms with Crippen LogP contribution in [0, 0.1) is 0 Å². The lowest BCUT2D eigenvalue weighted by atomic mass is 9.70. The SMILES string of the molecule is C=COCCOC(=O)c1ccc(C(C)(c2ccc(C(=O)OCCOC=C)cc2)c2ccc(C(=O)OCCOC=C)cc2)cc1. The highest BCUT2D eigenvalue weighted by molar-refractivity contribution is 5.90. The lowest BCUT2D eigenvalue weighted by Crippen LogP contribution is -2.26. The first-order chi connectivity index (χ1) is 21.3. The molecular weight excluding hydrogens is 564 g/mol. The van der Waals surface area contributed by atoms with Gasteiger partial charge in [0.15, 0.2) is 0 Å². The zero-order chi connectivity index (χ0) is 31.8. The topological polar surface area (TPSA) is 107 Å². The van der Waals surface area contributed by atoms with Gasteiger partial charge in [-0.3, -0.25) is 0 Å². The van der Waals surface area contributed by atoms with Crippen LogP contribution < -0.4 is 0 Å². The molecule has 0 unspecified atom stereocenters. The first-order valence-electron chi connectivity index (χ1n) is 13.9. The minimum absolute atomic E-state index is 0.0937. The van der Waals surface area contributed by atoms with E-state index >= 15 is 0 Å². The molecule has 230 valence electrons. The Morgan fingerprint density at radius 1 is 0.500 bits per heavy atom. The summed E-state index contributed by atoms with van der Waals surface area (Å²) in [6.45, 7) is 13.3. The van der Waals surface area contributed by atoms with Crippen molar-refractivity contribution in [1.29, 1.82) is 0 Å². The van der Waals surface area contributed by atoms with Crippen LogP contribution >= 0.6 is 0 Å². The lowest BCUT2D eigenvalue weighted by molar-refractivity contribution is 0.0414. The Morgan fingerprint density at radius 2 is 0.750 bits per heavy atom. The summed E-state index contributed by atoms with van der Waals surface area (Å²) in [6.07, 6.45) is 3.85. The van der Waals surface area contributed by atoms with Gasteiger partial charge in [0.1, 0.15) is 39.6 Å². The highest BCUT2D eigenvalue weighted by Gasteiger charge is 2.32. The predicted octanol–water partition coefficient (Wildman–Crippen LogP) is 5.99. The van der Waals surface area contributed by atoms with E-state index in [1.54, 1.807) is 36.4 Å². The lowest BCUT2D eigenvalue weighted by Gasteiger charge is -2.32. The number of rotatable bonds is 18. The van der Waals surface area contributed by atoms with Gasteiger partial charge in [0.2, 0.25) is 0 Å². The Labute approximate surface area is 257 Å². The van der Waals surface area contributed by atoms with E-state index in [1.165, 1.54) is 18.8 Å². The van der Waals surface area contributed by atoms with Crippen LogP contribution in [0.2, 0.25) is 0 Å². The molecule has 0 amide bonds. The van der Waals surface area contributed by atoms with E-state index in [0.717, 1.165) is 16.7 Å². The second kappa shape index (κ2) is 17.0. The van der Waals surface area contributed by atoms with E-state index in [9.17, 15) is 14.4 Å². The van der Waals surface area contributed by atoms with Crippen LogP contribution in [0.5, 0.6) is 0 Å². The Hall–Kier alpha value is -5.31. The molecule has 9 nitrogen and oxygen atoms in total. The maximum atomic E-state index is 12.5. The zero-order valence-corrected chi connectivity index (χ0v) is 24.7. The average Bonchev–Trinajstić information content (AvgIpc) is 3.06. The quantitative estimate of drug-likeness (QED) is 0.0572. The van der Waals surface area contributed by atoms with Crippen molar-refractivity contribution < 1.29 is 42.8 Å². The molecule has 3 aromatic carbocycles. The van der Waals surface area contributed by atoms with Crippen LogP contribution in [0.4, 0.5) is 0 Å². The largest absolute Gasteiger partial charge is 0.498 e. The Kier molecular flexibility index (Phi) is 12.8. The zero-order valence-electron chi connectivity index (χ0n) is 24.7. The molecule has 0 aromatic heterocycles. The summed E-state index contributed by atoms with van der Waals surface area (Å²) in [7, 11) is 0. The molecule has 0 spiro atoms. The summed E-state index contributed by atoms with van der Waals surface area (Å²) in [5, 5.41) is 0. The number of hydrogen-bond acceptors (Lipinski definition) is 9. The van der Waals surface area contributed by atoms with E-state index < -0.39 is 23.3 Å². The number of benzene rings is 3. The predicted molar refractivity (Wildman–Crippen MR) is 164 cm³/mol. The van der Waals surface area contributed by atoms with Crippen molar-refractivity contribution >= 4 is 17.9 Å². The fourth-order valence-electron chi connectivity index (χ4n) is 4.37. The third kappa shape index (κ3) is 8.84. The summed E-state index contributed by atoms with van der Waals surface area (Å²) in [5.74, 6) is -1.43. The maximum absolute atomic E-state index is 12.5. The van der Waals surface area contributed by atoms with Crippen molar-refractivity contribution in [1.82, 2.24) is 0 Å². The number of ether oxygens (including phenoxy) is 6. The van der Waals surface area contributed by atoms with Gasteiger partial charge in [0.25, 0.3) is 0 Å². The van der Waals surface area contributed by atoms with Crippen molar-refractivity contribution in [2.45, 2.75) is 12.3 Å². The van der Waals surface area contributed by atoms with Crippen LogP contribution in [0.3, 0.4) is 0 Å². The molecule has 0 atom stereocenters. The maximum Gasteiger partial charge on any atom is 0.338 e. The van der Waals surface area contributed by atoms with E-state index in [0.29, 0.717) is 16.7 Å². The van der Waals surface area contributed by atoms with E-state index in [4.69, 9.17) is 28.4 Å². The molecule has 0 bridgehead atoms. The van der Waals surface area contributed by atoms with Crippen LogP contribution in [-0.2, 0) is 33.8 Å². The van der Waals surface area contributed by atoms with Gasteiger partial charge in [0, 0.05) is 5.41 Å². The van der Waals surface area contributed by atoms with Crippen molar-refractivity contribution in [3.8, 4) is 0 Å². The number of esters is 3. The number of hydrogen-bond donors (Lipinski definition) is 0. The van der Waals surface area contributed by atoms with Gasteiger partial charge in [-0.1, -0.05) is 56.1 Å². The molecule has 0 aliphatic heterocycles. The van der Waals surface area contributed by atoms with Gasteiger partial charge in [0.05, 0.1) is 35.5 Å². The van der Waals surface area contributed by atoms with Crippen molar-refractivity contribution in [2.24, 2.45) is 0 Å². The Balaban J connectivity index is 1.90. The highest BCUT2D eigenvalue weighted by atomic mass is 16.6. The van der Waals surface area contributed by atoms with E-state index in [-0.39, 0.29) is 39.6 Å². The van der Waals surface area contributed by atoms with Gasteiger partial charge in [-0.2, -0.15) is 0 Å². The first kappa shape index (κ1) is 33.2. The van der Waals surface area contributed by atoms with Crippen molar-refractivity contribution in [3.63, 3.8) is 0 Å². The van der Waals surface area contributed by atoms with Gasteiger partial charge >= 0.3 is 17.9 Å². The fourth-order valence-corrected chi connectivity index (χ4v) is 4.37. The summed E-state index contributed by atoms with van der Waals surface area (Å²) in [6, 6.07) is 21.2. The number of carbonyl (C=O) groups excluding carboxylic acids is 3. The van der Waals surface area contributed by atoms with Gasteiger partial charge in [-0.15, -0.1) is 0 Å². The van der Waals surface area contributed by atoms with E-state index in [1.807, 2.05) is 43.3 Å². The highest BCUT2D eigenvalue weighted by Crippen LogP contribution is 2.39. The van der Waals surface area contributed by atoms with Crippen LogP contribution in [0.15, 0.2) is 111 Å². The van der Waals surface area contributed by atoms with Gasteiger partial charge < -0.3 is 28.4 Å². The van der Waals surface area contributed by atoms with E-state index in [2.05, 4.69) is 19.7 Å². The molecule has 0 aliphatic rings. The molecular formula is C35H36O9. The summed E-state index contributed by atoms with van der Waals surface area (Å²) >= 11 is 0. The van der Waals surface area contributed by atoms with Crippen molar-refractivity contribution in [3.05, 3.63) is 145 Å². The second-order valence-electron chi connectivity index (χ2n) is 9.38. The molecule has 0 radical (unpaired) electrons. The third-order valence-corrected chi connectivity index (χ3v) is 6.75. The fraction of sp³-hybridized carbons (Fsp3) is 0.229. The van der Waals surface area contributed by atoms with Crippen LogP contribution in [0.1, 0.15) is 54.7 Å². The van der Waals surface area contributed by atoms with Gasteiger partial charge in [-0.05, 0) is 60.0 Å². The Bertz CT molecular complexity index is 1240. The third-order valence-electron chi connectivity index (χ3n) is 6.75. The van der Waals surface area contributed by atoms with Gasteiger partial charge in [-0.25, -0.2) is 14.4 Å². The summed E-state index contributed by atoms with van der Waals surface area (Å²) < 4.78 is 30.8.